The van der Waals surface area contributed by atoms with E-state index in [-0.39, 0.29) is 25.0 Å². The van der Waals surface area contributed by atoms with Crippen molar-refractivity contribution in [1.82, 2.24) is 15.2 Å². The molecule has 0 saturated heterocycles. The number of aromatic amines is 1. The summed E-state index contributed by atoms with van der Waals surface area (Å²) in [4.78, 5) is 29.9. The lowest BCUT2D eigenvalue weighted by Gasteiger charge is -2.28. The molecule has 8 nitrogen and oxygen atoms in total. The van der Waals surface area contributed by atoms with Crippen molar-refractivity contribution < 1.29 is 14.3 Å². The van der Waals surface area contributed by atoms with Gasteiger partial charge in [0, 0.05) is 35.1 Å². The first-order valence-corrected chi connectivity index (χ1v) is 8.46. The second-order valence-corrected chi connectivity index (χ2v) is 6.27. The number of amides is 2. The molecule has 0 fully saturated rings. The molecule has 0 spiro atoms. The lowest BCUT2D eigenvalue weighted by atomic mass is 10.2. The molecule has 0 atom stereocenters. The van der Waals surface area contributed by atoms with Gasteiger partial charge in [0.25, 0.3) is 5.91 Å². The molecule has 0 saturated carbocycles. The molecule has 2 amide bonds. The van der Waals surface area contributed by atoms with Crippen LogP contribution in [0.2, 0.25) is 5.02 Å². The van der Waals surface area contributed by atoms with Crippen molar-refractivity contribution in [3.63, 3.8) is 0 Å². The van der Waals surface area contributed by atoms with Crippen LogP contribution >= 0.6 is 11.6 Å². The number of aromatic nitrogens is 3. The molecule has 2 N–H and O–H groups in total. The third-order valence-corrected chi connectivity index (χ3v) is 4.23. The van der Waals surface area contributed by atoms with Crippen molar-refractivity contribution in [2.75, 3.05) is 23.4 Å². The molecule has 4 rings (SSSR count). The Hall–Kier alpha value is -3.39. The Kier molecular flexibility index (Phi) is 4.47. The zero-order valence-corrected chi connectivity index (χ0v) is 14.7. The van der Waals surface area contributed by atoms with Crippen LogP contribution in [0.5, 0.6) is 5.75 Å². The predicted molar refractivity (Wildman–Crippen MR) is 99.7 cm³/mol. The van der Waals surface area contributed by atoms with Crippen LogP contribution in [0.3, 0.4) is 0 Å². The SMILES string of the molecule is O=C(CN1C(=O)COc2cc(Cl)ccc21)Nc1cc(-c2ccncc2)n[nH]1. The highest BCUT2D eigenvalue weighted by Crippen LogP contribution is 2.34. The highest BCUT2D eigenvalue weighted by Gasteiger charge is 2.27. The van der Waals surface area contributed by atoms with Gasteiger partial charge in [-0.1, -0.05) is 11.6 Å². The Morgan fingerprint density at radius 3 is 2.89 bits per heavy atom. The topological polar surface area (TPSA) is 100 Å². The lowest BCUT2D eigenvalue weighted by Crippen LogP contribution is -2.43. The predicted octanol–water partition coefficient (Wildman–Crippen LogP) is 2.49. The number of ether oxygens (including phenoxy) is 1. The number of nitrogens with zero attached hydrogens (tertiary/aromatic N) is 3. The van der Waals surface area contributed by atoms with Gasteiger partial charge in [-0.05, 0) is 24.3 Å². The van der Waals surface area contributed by atoms with E-state index < -0.39 is 0 Å². The van der Waals surface area contributed by atoms with Crippen LogP contribution in [0.1, 0.15) is 0 Å². The first-order chi connectivity index (χ1) is 13.1. The molecular weight excluding hydrogens is 370 g/mol. The molecule has 0 unspecified atom stereocenters. The van der Waals surface area contributed by atoms with Gasteiger partial charge in [-0.15, -0.1) is 0 Å². The number of hydrogen-bond acceptors (Lipinski definition) is 5. The van der Waals surface area contributed by atoms with Gasteiger partial charge in [0.05, 0.1) is 11.4 Å². The summed E-state index contributed by atoms with van der Waals surface area (Å²) in [6.45, 7) is -0.294. The minimum Gasteiger partial charge on any atom is -0.482 e. The van der Waals surface area contributed by atoms with Crippen LogP contribution in [0.15, 0.2) is 48.8 Å². The number of benzene rings is 1. The number of carbonyl (C=O) groups is 2. The number of rotatable bonds is 4. The summed E-state index contributed by atoms with van der Waals surface area (Å²) in [7, 11) is 0. The van der Waals surface area contributed by atoms with E-state index in [1.165, 1.54) is 4.90 Å². The molecule has 3 aromatic rings. The van der Waals surface area contributed by atoms with Crippen molar-refractivity contribution >= 4 is 34.9 Å². The average Bonchev–Trinajstić information content (AvgIpc) is 3.13. The number of hydrogen-bond donors (Lipinski definition) is 2. The number of nitrogens with one attached hydrogen (secondary N) is 2. The summed E-state index contributed by atoms with van der Waals surface area (Å²) >= 11 is 5.95. The third-order valence-electron chi connectivity index (χ3n) is 3.99. The lowest BCUT2D eigenvalue weighted by molar-refractivity contribution is -0.123. The van der Waals surface area contributed by atoms with Crippen molar-refractivity contribution in [3.8, 4) is 17.0 Å². The smallest absolute Gasteiger partial charge is 0.265 e. The number of carbonyl (C=O) groups excluding carboxylic acids is 2. The Labute approximate surface area is 159 Å². The second-order valence-electron chi connectivity index (χ2n) is 5.83. The first-order valence-electron chi connectivity index (χ1n) is 8.08. The first kappa shape index (κ1) is 17.0. The van der Waals surface area contributed by atoms with Crippen LogP contribution in [0.25, 0.3) is 11.3 Å². The number of H-pyrrole nitrogens is 1. The summed E-state index contributed by atoms with van der Waals surface area (Å²) in [6, 6.07) is 10.3. The molecule has 136 valence electrons. The summed E-state index contributed by atoms with van der Waals surface area (Å²) in [5.74, 6) is 0.235. The van der Waals surface area contributed by atoms with E-state index in [1.807, 2.05) is 12.1 Å². The fourth-order valence-corrected chi connectivity index (χ4v) is 2.90. The normalized spacial score (nSPS) is 13.1. The van der Waals surface area contributed by atoms with E-state index in [0.717, 1.165) is 5.56 Å². The van der Waals surface area contributed by atoms with Gasteiger partial charge in [-0.3, -0.25) is 24.6 Å². The second kappa shape index (κ2) is 7.08. The van der Waals surface area contributed by atoms with Crippen molar-refractivity contribution in [2.24, 2.45) is 0 Å². The van der Waals surface area contributed by atoms with Gasteiger partial charge >= 0.3 is 0 Å². The quantitative estimate of drug-likeness (QED) is 0.721. The molecule has 2 aromatic heterocycles. The average molecular weight is 384 g/mol. The molecule has 0 bridgehead atoms. The molecule has 1 aliphatic heterocycles. The molecule has 27 heavy (non-hydrogen) atoms. The maximum atomic E-state index is 12.4. The Morgan fingerprint density at radius 1 is 1.26 bits per heavy atom. The molecule has 0 radical (unpaired) electrons. The van der Waals surface area contributed by atoms with Gasteiger partial charge in [0.15, 0.2) is 6.61 Å². The minimum absolute atomic E-state index is 0.142. The van der Waals surface area contributed by atoms with Crippen LogP contribution in [0, 0.1) is 0 Å². The van der Waals surface area contributed by atoms with Crippen molar-refractivity contribution in [1.29, 1.82) is 0 Å². The van der Waals surface area contributed by atoms with E-state index in [2.05, 4.69) is 20.5 Å². The largest absolute Gasteiger partial charge is 0.482 e. The van der Waals surface area contributed by atoms with E-state index >= 15 is 0 Å². The molecule has 0 aliphatic carbocycles. The number of halogens is 1. The minimum atomic E-state index is -0.365. The van der Waals surface area contributed by atoms with Crippen molar-refractivity contribution in [3.05, 3.63) is 53.8 Å². The molecule has 3 heterocycles. The zero-order chi connectivity index (χ0) is 18.8. The number of anilines is 2. The van der Waals surface area contributed by atoms with Gasteiger partial charge in [-0.25, -0.2) is 0 Å². The Bertz CT molecular complexity index is 1010. The maximum Gasteiger partial charge on any atom is 0.265 e. The molecule has 1 aromatic carbocycles. The van der Waals surface area contributed by atoms with E-state index in [9.17, 15) is 9.59 Å². The van der Waals surface area contributed by atoms with E-state index in [0.29, 0.717) is 28.0 Å². The highest BCUT2D eigenvalue weighted by molar-refractivity contribution is 6.31. The van der Waals surface area contributed by atoms with Crippen LogP contribution in [-0.2, 0) is 9.59 Å². The van der Waals surface area contributed by atoms with E-state index in [1.54, 1.807) is 36.7 Å². The van der Waals surface area contributed by atoms with E-state index in [4.69, 9.17) is 16.3 Å². The summed E-state index contributed by atoms with van der Waals surface area (Å²) in [5.41, 5.74) is 2.05. The fourth-order valence-electron chi connectivity index (χ4n) is 2.74. The molecule has 1 aliphatic rings. The third kappa shape index (κ3) is 3.61. The standard InChI is InChI=1S/C18H14ClN5O3/c19-12-1-2-14-15(7-12)27-10-18(26)24(14)9-17(25)21-16-8-13(22-23-16)11-3-5-20-6-4-11/h1-8H,9-10H2,(H2,21,22,23,25). The monoisotopic (exact) mass is 383 g/mol. The fraction of sp³-hybridized carbons (Fsp3) is 0.111. The zero-order valence-electron chi connectivity index (χ0n) is 14.0. The summed E-state index contributed by atoms with van der Waals surface area (Å²) in [5, 5.41) is 10.1. The maximum absolute atomic E-state index is 12.4. The number of fused-ring (bicyclic) bond motifs is 1. The van der Waals surface area contributed by atoms with Crippen LogP contribution in [0.4, 0.5) is 11.5 Å². The Balaban J connectivity index is 1.47. The highest BCUT2D eigenvalue weighted by atomic mass is 35.5. The van der Waals surface area contributed by atoms with Crippen LogP contribution in [-0.4, -0.2) is 40.1 Å². The van der Waals surface area contributed by atoms with Crippen molar-refractivity contribution in [2.45, 2.75) is 0 Å². The van der Waals surface area contributed by atoms with Gasteiger partial charge < -0.3 is 10.1 Å². The van der Waals surface area contributed by atoms with Crippen LogP contribution < -0.4 is 15.0 Å². The summed E-state index contributed by atoms with van der Waals surface area (Å²) in [6.07, 6.45) is 3.33. The van der Waals surface area contributed by atoms with Gasteiger partial charge in [-0.2, -0.15) is 5.10 Å². The summed E-state index contributed by atoms with van der Waals surface area (Å²) < 4.78 is 5.37. The molecule has 9 heteroatoms. The molecular formula is C18H14ClN5O3. The number of pyridine rings is 1. The Morgan fingerprint density at radius 2 is 2.07 bits per heavy atom. The van der Waals surface area contributed by atoms with Gasteiger partial charge in [0.1, 0.15) is 18.1 Å². The van der Waals surface area contributed by atoms with Gasteiger partial charge in [0.2, 0.25) is 5.91 Å².